The van der Waals surface area contributed by atoms with Crippen LogP contribution in [0, 0.1) is 6.92 Å². The summed E-state index contributed by atoms with van der Waals surface area (Å²) >= 11 is 3.87. The van der Waals surface area contributed by atoms with E-state index >= 15 is 0 Å². The number of aryl methyl sites for hydroxylation is 1. The molecule has 2 atom stereocenters. The van der Waals surface area contributed by atoms with Gasteiger partial charge in [-0.3, -0.25) is 0 Å². The van der Waals surface area contributed by atoms with Gasteiger partial charge in [0.05, 0.1) is 0 Å². The molecule has 1 heterocycles. The molecule has 1 saturated carbocycles. The van der Waals surface area contributed by atoms with E-state index in [9.17, 15) is 0 Å². The number of nitrogens with one attached hydrogen (secondary N) is 1. The van der Waals surface area contributed by atoms with Crippen molar-refractivity contribution in [1.29, 1.82) is 0 Å². The number of hydrogen-bond donors (Lipinski definition) is 1. The Morgan fingerprint density at radius 2 is 2.44 bits per heavy atom. The molecule has 0 saturated heterocycles. The van der Waals surface area contributed by atoms with Crippen molar-refractivity contribution in [2.45, 2.75) is 50.9 Å². The molecule has 1 aromatic heterocycles. The third-order valence-electron chi connectivity index (χ3n) is 3.02. The quantitative estimate of drug-likeness (QED) is 0.875. The maximum atomic E-state index is 4.49. The van der Waals surface area contributed by atoms with Gasteiger partial charge < -0.3 is 5.32 Å². The molecule has 2 unspecified atom stereocenters. The molecule has 1 N–H and O–H groups in total. The molecular weight excluding hydrogens is 236 g/mol. The lowest BCUT2D eigenvalue weighted by Gasteiger charge is -2.19. The highest BCUT2D eigenvalue weighted by Crippen LogP contribution is 2.30. The second kappa shape index (κ2) is 6.03. The number of thioether (sulfide) groups is 1. The molecule has 0 amide bonds. The van der Waals surface area contributed by atoms with Crippen molar-refractivity contribution in [3.8, 4) is 0 Å². The Labute approximate surface area is 106 Å². The molecule has 1 fully saturated rings. The molecule has 1 aliphatic carbocycles. The summed E-state index contributed by atoms with van der Waals surface area (Å²) in [5.41, 5.74) is 1.15. The zero-order valence-corrected chi connectivity index (χ0v) is 11.7. The topological polar surface area (TPSA) is 24.9 Å². The molecule has 2 nitrogen and oxygen atoms in total. The van der Waals surface area contributed by atoms with Crippen LogP contribution >= 0.6 is 23.1 Å². The van der Waals surface area contributed by atoms with E-state index in [-0.39, 0.29) is 0 Å². The van der Waals surface area contributed by atoms with Crippen LogP contribution in [0.1, 0.15) is 36.9 Å². The molecule has 0 aliphatic heterocycles. The summed E-state index contributed by atoms with van der Waals surface area (Å²) in [6, 6.07) is 0.703. The minimum Gasteiger partial charge on any atom is -0.307 e. The maximum absolute atomic E-state index is 4.49. The minimum atomic E-state index is 0.703. The van der Waals surface area contributed by atoms with E-state index in [2.05, 4.69) is 41.3 Å². The second-order valence-corrected chi connectivity index (χ2v) is 6.75. The van der Waals surface area contributed by atoms with Gasteiger partial charge in [-0.15, -0.1) is 11.3 Å². The fraction of sp³-hybridized carbons (Fsp3) is 0.750. The Balaban J connectivity index is 1.80. The Hall–Kier alpha value is -0.0600. The summed E-state index contributed by atoms with van der Waals surface area (Å²) in [4.78, 5) is 4.49. The Kier molecular flexibility index (Phi) is 4.67. The lowest BCUT2D eigenvalue weighted by atomic mass is 10.2. The van der Waals surface area contributed by atoms with Crippen LogP contribution in [0.4, 0.5) is 0 Å². The van der Waals surface area contributed by atoms with E-state index in [1.165, 1.54) is 30.0 Å². The van der Waals surface area contributed by atoms with Gasteiger partial charge in [0.25, 0.3) is 0 Å². The van der Waals surface area contributed by atoms with Gasteiger partial charge >= 0.3 is 0 Å². The smallest absolute Gasteiger partial charge is 0.107 e. The predicted molar refractivity (Wildman–Crippen MR) is 73.2 cm³/mol. The maximum Gasteiger partial charge on any atom is 0.107 e. The van der Waals surface area contributed by atoms with Crippen LogP contribution in [0.5, 0.6) is 0 Å². The molecule has 16 heavy (non-hydrogen) atoms. The summed E-state index contributed by atoms with van der Waals surface area (Å²) < 4.78 is 0. The van der Waals surface area contributed by atoms with Gasteiger partial charge in [0.15, 0.2) is 0 Å². The fourth-order valence-corrected chi connectivity index (χ4v) is 4.22. The second-order valence-electron chi connectivity index (χ2n) is 4.29. The van der Waals surface area contributed by atoms with Crippen molar-refractivity contribution in [3.05, 3.63) is 16.1 Å². The van der Waals surface area contributed by atoms with Gasteiger partial charge in [-0.25, -0.2) is 4.98 Å². The van der Waals surface area contributed by atoms with E-state index in [0.717, 1.165) is 17.5 Å². The Morgan fingerprint density at radius 3 is 3.12 bits per heavy atom. The first kappa shape index (κ1) is 12.4. The SMILES string of the molecule is CCSC1CCCC1NCc1nc(C)cs1. The van der Waals surface area contributed by atoms with Gasteiger partial charge in [-0.1, -0.05) is 13.3 Å². The molecule has 90 valence electrons. The molecular formula is C12H20N2S2. The lowest BCUT2D eigenvalue weighted by molar-refractivity contribution is 0.531. The molecule has 0 bridgehead atoms. The number of thiazole rings is 1. The molecule has 0 radical (unpaired) electrons. The molecule has 2 rings (SSSR count). The van der Waals surface area contributed by atoms with E-state index in [1.54, 1.807) is 11.3 Å². The zero-order valence-electron chi connectivity index (χ0n) is 10.0. The average molecular weight is 256 g/mol. The van der Waals surface area contributed by atoms with Crippen LogP contribution in [-0.2, 0) is 6.54 Å². The highest BCUT2D eigenvalue weighted by atomic mass is 32.2. The summed E-state index contributed by atoms with van der Waals surface area (Å²) in [7, 11) is 0. The van der Waals surface area contributed by atoms with E-state index in [0.29, 0.717) is 6.04 Å². The minimum absolute atomic E-state index is 0.703. The lowest BCUT2D eigenvalue weighted by Crippen LogP contribution is -2.33. The zero-order chi connectivity index (χ0) is 11.4. The van der Waals surface area contributed by atoms with Gasteiger partial charge in [0, 0.05) is 28.9 Å². The van der Waals surface area contributed by atoms with Crippen molar-refractivity contribution >= 4 is 23.1 Å². The van der Waals surface area contributed by atoms with E-state index in [4.69, 9.17) is 0 Å². The molecule has 0 spiro atoms. The van der Waals surface area contributed by atoms with Gasteiger partial charge in [0.1, 0.15) is 5.01 Å². The highest BCUT2D eigenvalue weighted by molar-refractivity contribution is 7.99. The van der Waals surface area contributed by atoms with Gasteiger partial charge in [-0.2, -0.15) is 11.8 Å². The van der Waals surface area contributed by atoms with Crippen LogP contribution in [0.15, 0.2) is 5.38 Å². The first-order valence-corrected chi connectivity index (χ1v) is 7.98. The molecule has 4 heteroatoms. The fourth-order valence-electron chi connectivity index (χ4n) is 2.28. The van der Waals surface area contributed by atoms with Crippen molar-refractivity contribution in [2.24, 2.45) is 0 Å². The summed E-state index contributed by atoms with van der Waals surface area (Å²) in [5, 5.41) is 7.85. The van der Waals surface area contributed by atoms with Gasteiger partial charge in [-0.05, 0) is 25.5 Å². The van der Waals surface area contributed by atoms with E-state index < -0.39 is 0 Å². The van der Waals surface area contributed by atoms with Crippen molar-refractivity contribution in [2.75, 3.05) is 5.75 Å². The number of nitrogens with zero attached hydrogens (tertiary/aromatic N) is 1. The number of hydrogen-bond acceptors (Lipinski definition) is 4. The van der Waals surface area contributed by atoms with E-state index in [1.807, 2.05) is 0 Å². The predicted octanol–water partition coefficient (Wildman–Crippen LogP) is 3.22. The van der Waals surface area contributed by atoms with Crippen LogP contribution < -0.4 is 5.32 Å². The van der Waals surface area contributed by atoms with Crippen LogP contribution in [-0.4, -0.2) is 22.0 Å². The molecule has 0 aromatic carbocycles. The largest absolute Gasteiger partial charge is 0.307 e. The number of rotatable bonds is 5. The average Bonchev–Trinajstić information content (AvgIpc) is 2.85. The summed E-state index contributed by atoms with van der Waals surface area (Å²) in [5.74, 6) is 1.24. The molecule has 1 aromatic rings. The van der Waals surface area contributed by atoms with Crippen LogP contribution in [0.3, 0.4) is 0 Å². The van der Waals surface area contributed by atoms with Crippen LogP contribution in [0.2, 0.25) is 0 Å². The Bertz CT molecular complexity index is 325. The first-order chi connectivity index (χ1) is 7.79. The summed E-state index contributed by atoms with van der Waals surface area (Å²) in [6.07, 6.45) is 4.10. The van der Waals surface area contributed by atoms with Crippen molar-refractivity contribution in [3.63, 3.8) is 0 Å². The molecule has 1 aliphatic rings. The number of aromatic nitrogens is 1. The Morgan fingerprint density at radius 1 is 1.56 bits per heavy atom. The summed E-state index contributed by atoms with van der Waals surface area (Å²) in [6.45, 7) is 5.26. The van der Waals surface area contributed by atoms with Gasteiger partial charge in [0.2, 0.25) is 0 Å². The normalized spacial score (nSPS) is 25.1. The highest BCUT2D eigenvalue weighted by Gasteiger charge is 2.26. The standard InChI is InChI=1S/C12H20N2S2/c1-3-15-11-6-4-5-10(11)13-7-12-14-9(2)8-16-12/h8,10-11,13H,3-7H2,1-2H3. The van der Waals surface area contributed by atoms with Crippen molar-refractivity contribution in [1.82, 2.24) is 10.3 Å². The third-order valence-corrected chi connectivity index (χ3v) is 5.31. The van der Waals surface area contributed by atoms with Crippen molar-refractivity contribution < 1.29 is 0 Å². The third kappa shape index (κ3) is 3.22. The monoisotopic (exact) mass is 256 g/mol. The van der Waals surface area contributed by atoms with Crippen LogP contribution in [0.25, 0.3) is 0 Å². The first-order valence-electron chi connectivity index (χ1n) is 6.05.